The lowest BCUT2D eigenvalue weighted by Gasteiger charge is -2.26. The quantitative estimate of drug-likeness (QED) is 0.746. The minimum Gasteiger partial charge on any atom is -0.381 e. The SMILES string of the molecule is O=C(Cc1[nH]c(=S)n2c1C[C@H](C1C(F)=CC=C(F)C1F)C2)NC1CCOCC1. The Balaban J connectivity index is 1.46. The van der Waals surface area contributed by atoms with Crippen LogP contribution in [-0.2, 0) is 28.9 Å². The highest BCUT2D eigenvalue weighted by atomic mass is 32.1. The van der Waals surface area contributed by atoms with Crippen molar-refractivity contribution in [2.24, 2.45) is 11.8 Å². The van der Waals surface area contributed by atoms with Crippen molar-refractivity contribution in [3.05, 3.63) is 40.0 Å². The van der Waals surface area contributed by atoms with Gasteiger partial charge in [-0.2, -0.15) is 0 Å². The molecular weight excluding hydrogens is 391 g/mol. The number of amides is 1. The van der Waals surface area contributed by atoms with Gasteiger partial charge in [-0.25, -0.2) is 13.2 Å². The molecule has 28 heavy (non-hydrogen) atoms. The van der Waals surface area contributed by atoms with Gasteiger partial charge in [0.1, 0.15) is 11.7 Å². The molecule has 1 saturated heterocycles. The summed E-state index contributed by atoms with van der Waals surface area (Å²) in [6.45, 7) is 1.56. The second kappa shape index (κ2) is 7.87. The van der Waals surface area contributed by atoms with Crippen LogP contribution in [-0.4, -0.2) is 40.9 Å². The van der Waals surface area contributed by atoms with Crippen LogP contribution in [0.5, 0.6) is 0 Å². The Hall–Kier alpha value is -1.87. The van der Waals surface area contributed by atoms with Crippen LogP contribution in [0.1, 0.15) is 24.2 Å². The van der Waals surface area contributed by atoms with Crippen molar-refractivity contribution in [3.63, 3.8) is 0 Å². The third-order valence-corrected chi connectivity index (χ3v) is 6.10. The fourth-order valence-corrected chi connectivity index (χ4v) is 4.64. The van der Waals surface area contributed by atoms with Crippen molar-refractivity contribution >= 4 is 18.1 Å². The van der Waals surface area contributed by atoms with Gasteiger partial charge < -0.3 is 19.6 Å². The molecule has 5 nitrogen and oxygen atoms in total. The number of nitrogens with zero attached hydrogens (tertiary/aromatic N) is 1. The molecule has 0 bridgehead atoms. The number of carbonyl (C=O) groups is 1. The lowest BCUT2D eigenvalue weighted by Crippen LogP contribution is -2.39. The van der Waals surface area contributed by atoms with Crippen molar-refractivity contribution in [1.29, 1.82) is 0 Å². The number of aromatic amines is 1. The fraction of sp³-hybridized carbons (Fsp3) is 0.579. The Morgan fingerprint density at radius 3 is 2.75 bits per heavy atom. The van der Waals surface area contributed by atoms with E-state index in [-0.39, 0.29) is 18.4 Å². The number of nitrogens with one attached hydrogen (secondary N) is 2. The molecule has 2 unspecified atom stereocenters. The zero-order valence-corrected chi connectivity index (χ0v) is 16.0. The number of carbonyl (C=O) groups excluding carboxylic acids is 1. The Labute approximate surface area is 165 Å². The molecule has 1 aromatic rings. The molecule has 0 radical (unpaired) electrons. The van der Waals surface area contributed by atoms with Gasteiger partial charge in [-0.1, -0.05) is 0 Å². The second-order valence-electron chi connectivity index (χ2n) is 7.59. The number of alkyl halides is 1. The first-order valence-corrected chi connectivity index (χ1v) is 9.89. The molecule has 4 rings (SSSR count). The van der Waals surface area contributed by atoms with Crippen molar-refractivity contribution in [1.82, 2.24) is 14.9 Å². The van der Waals surface area contributed by atoms with E-state index in [0.29, 0.717) is 36.6 Å². The van der Waals surface area contributed by atoms with Crippen molar-refractivity contribution in [2.75, 3.05) is 13.2 Å². The summed E-state index contributed by atoms with van der Waals surface area (Å²) in [5.41, 5.74) is 1.43. The Morgan fingerprint density at radius 1 is 1.29 bits per heavy atom. The molecule has 9 heteroatoms. The molecule has 3 heterocycles. The highest BCUT2D eigenvalue weighted by Crippen LogP contribution is 2.40. The van der Waals surface area contributed by atoms with Gasteiger partial charge >= 0.3 is 0 Å². The molecule has 152 valence electrons. The number of rotatable bonds is 4. The molecule has 0 aromatic carbocycles. The first-order chi connectivity index (χ1) is 13.4. The van der Waals surface area contributed by atoms with Crippen LogP contribution in [0.15, 0.2) is 23.8 Å². The van der Waals surface area contributed by atoms with Gasteiger partial charge in [0, 0.05) is 37.2 Å². The summed E-state index contributed by atoms with van der Waals surface area (Å²) >= 11 is 5.32. The summed E-state index contributed by atoms with van der Waals surface area (Å²) < 4.78 is 49.6. The number of H-pyrrole nitrogens is 1. The van der Waals surface area contributed by atoms with Crippen molar-refractivity contribution < 1.29 is 22.7 Å². The maximum atomic E-state index is 14.3. The monoisotopic (exact) mass is 413 g/mol. The molecule has 3 aliphatic rings. The Bertz CT molecular complexity index is 885. The van der Waals surface area contributed by atoms with Gasteiger partial charge in [0.2, 0.25) is 5.91 Å². The summed E-state index contributed by atoms with van der Waals surface area (Å²) in [5, 5.41) is 2.99. The van der Waals surface area contributed by atoms with Gasteiger partial charge in [-0.05, 0) is 49.6 Å². The number of hydrogen-bond acceptors (Lipinski definition) is 3. The van der Waals surface area contributed by atoms with Crippen LogP contribution in [0.3, 0.4) is 0 Å². The highest BCUT2D eigenvalue weighted by Gasteiger charge is 2.41. The van der Waals surface area contributed by atoms with Gasteiger partial charge in [-0.15, -0.1) is 0 Å². The van der Waals surface area contributed by atoms with E-state index in [1.165, 1.54) is 0 Å². The second-order valence-corrected chi connectivity index (χ2v) is 7.98. The lowest BCUT2D eigenvalue weighted by molar-refractivity contribution is -0.121. The van der Waals surface area contributed by atoms with Crippen LogP contribution in [0.4, 0.5) is 13.2 Å². The predicted molar refractivity (Wildman–Crippen MR) is 99.3 cm³/mol. The van der Waals surface area contributed by atoms with E-state index in [9.17, 15) is 18.0 Å². The number of fused-ring (bicyclic) bond motifs is 1. The normalized spacial score (nSPS) is 27.9. The molecule has 1 fully saturated rings. The number of imidazole rings is 1. The smallest absolute Gasteiger partial charge is 0.226 e. The van der Waals surface area contributed by atoms with E-state index in [4.69, 9.17) is 17.0 Å². The maximum Gasteiger partial charge on any atom is 0.226 e. The summed E-state index contributed by atoms with van der Waals surface area (Å²) in [6, 6.07) is 0.0937. The maximum absolute atomic E-state index is 14.3. The van der Waals surface area contributed by atoms with Crippen molar-refractivity contribution in [3.8, 4) is 0 Å². The molecule has 2 aliphatic heterocycles. The first-order valence-electron chi connectivity index (χ1n) is 9.48. The van der Waals surface area contributed by atoms with Gasteiger partial charge in [0.25, 0.3) is 0 Å². The number of ether oxygens (including phenoxy) is 1. The van der Waals surface area contributed by atoms with E-state index < -0.39 is 29.7 Å². The minimum atomic E-state index is -1.99. The summed E-state index contributed by atoms with van der Waals surface area (Å²) in [7, 11) is 0. The average Bonchev–Trinajstić information content (AvgIpc) is 3.21. The first kappa shape index (κ1) is 19.4. The third kappa shape index (κ3) is 3.69. The summed E-state index contributed by atoms with van der Waals surface area (Å²) in [6.07, 6.45) is 1.86. The van der Waals surface area contributed by atoms with E-state index in [0.717, 1.165) is 30.7 Å². The molecular formula is C19H22F3N3O2S. The fourth-order valence-electron chi connectivity index (χ4n) is 4.33. The predicted octanol–water partition coefficient (Wildman–Crippen LogP) is 3.23. The van der Waals surface area contributed by atoms with Crippen LogP contribution in [0.2, 0.25) is 0 Å². The molecule has 1 aromatic heterocycles. The number of allylic oxidation sites excluding steroid dienone is 4. The molecule has 1 amide bonds. The summed E-state index contributed by atoms with van der Waals surface area (Å²) in [4.78, 5) is 15.5. The number of halogens is 3. The Kier molecular flexibility index (Phi) is 5.46. The largest absolute Gasteiger partial charge is 0.381 e. The van der Waals surface area contributed by atoms with Gasteiger partial charge in [0.05, 0.1) is 12.3 Å². The third-order valence-electron chi connectivity index (χ3n) is 5.78. The molecule has 0 saturated carbocycles. The number of hydrogen-bond donors (Lipinski definition) is 2. The van der Waals surface area contributed by atoms with Gasteiger partial charge in [-0.3, -0.25) is 4.79 Å². The highest BCUT2D eigenvalue weighted by molar-refractivity contribution is 7.71. The molecule has 1 aliphatic carbocycles. The van der Waals surface area contributed by atoms with E-state index in [1.807, 2.05) is 0 Å². The standard InChI is InChI=1S/C19H22F3N3O2S/c20-12-1-2-13(21)18(22)17(12)10-7-15-14(24-19(28)25(15)9-10)8-16(26)23-11-3-5-27-6-4-11/h1-2,10-11,17-18H,3-9H2,(H,23,26)(H,24,28)/t10-,17?,18?/m0/s1. The lowest BCUT2D eigenvalue weighted by atomic mass is 9.82. The Morgan fingerprint density at radius 2 is 2.00 bits per heavy atom. The average molecular weight is 413 g/mol. The van der Waals surface area contributed by atoms with Crippen LogP contribution >= 0.6 is 12.2 Å². The van der Waals surface area contributed by atoms with E-state index in [1.54, 1.807) is 4.57 Å². The zero-order chi connectivity index (χ0) is 19.8. The van der Waals surface area contributed by atoms with Crippen LogP contribution in [0.25, 0.3) is 0 Å². The van der Waals surface area contributed by atoms with Gasteiger partial charge in [0.15, 0.2) is 10.9 Å². The zero-order valence-electron chi connectivity index (χ0n) is 15.2. The minimum absolute atomic E-state index is 0.0937. The van der Waals surface area contributed by atoms with E-state index in [2.05, 4.69) is 10.3 Å². The van der Waals surface area contributed by atoms with E-state index >= 15 is 0 Å². The topological polar surface area (TPSA) is 59.0 Å². The van der Waals surface area contributed by atoms with Crippen molar-refractivity contribution in [2.45, 2.75) is 44.4 Å². The van der Waals surface area contributed by atoms with Crippen LogP contribution in [0, 0.1) is 16.6 Å². The molecule has 2 N–H and O–H groups in total. The molecule has 0 spiro atoms. The number of aromatic nitrogens is 2. The molecule has 3 atom stereocenters. The summed E-state index contributed by atoms with van der Waals surface area (Å²) in [5.74, 6) is -3.35. The van der Waals surface area contributed by atoms with Crippen LogP contribution < -0.4 is 5.32 Å².